The molecule has 1 aromatic carbocycles. The Bertz CT molecular complexity index is 592. The third-order valence-corrected chi connectivity index (χ3v) is 2.88. The van der Waals surface area contributed by atoms with Gasteiger partial charge in [-0.2, -0.15) is 0 Å². The Morgan fingerprint density at radius 2 is 2.21 bits per heavy atom. The standard InChI is InChI=1S/C13H13N3O3/c17-13-15-5-9(8-19-13)7-18-12-6-14-10-3-1-2-4-11(10)16-12/h1-4,6,9H,5,7-8H2,(H,15,17). The number of carbonyl (C=O) groups is 1. The zero-order valence-corrected chi connectivity index (χ0v) is 10.2. The molecule has 1 saturated heterocycles. The highest BCUT2D eigenvalue weighted by molar-refractivity contribution is 5.73. The van der Waals surface area contributed by atoms with Crippen LogP contribution in [0.3, 0.4) is 0 Å². The molecule has 0 aliphatic carbocycles. The summed E-state index contributed by atoms with van der Waals surface area (Å²) in [6.07, 6.45) is 1.23. The molecule has 19 heavy (non-hydrogen) atoms. The lowest BCUT2D eigenvalue weighted by molar-refractivity contribution is 0.0827. The number of hydrogen-bond donors (Lipinski definition) is 1. The van der Waals surface area contributed by atoms with Crippen LogP contribution in [0.15, 0.2) is 30.5 Å². The van der Waals surface area contributed by atoms with Gasteiger partial charge >= 0.3 is 6.09 Å². The fraction of sp³-hybridized carbons (Fsp3) is 0.308. The van der Waals surface area contributed by atoms with Gasteiger partial charge in [-0.05, 0) is 12.1 Å². The maximum absolute atomic E-state index is 10.8. The molecule has 1 aliphatic heterocycles. The number of para-hydroxylation sites is 2. The largest absolute Gasteiger partial charge is 0.476 e. The van der Waals surface area contributed by atoms with Crippen LogP contribution in [0.25, 0.3) is 11.0 Å². The van der Waals surface area contributed by atoms with Crippen LogP contribution in [0, 0.1) is 5.92 Å². The predicted molar refractivity (Wildman–Crippen MR) is 67.9 cm³/mol. The highest BCUT2D eigenvalue weighted by Crippen LogP contribution is 2.14. The minimum absolute atomic E-state index is 0.131. The first kappa shape index (κ1) is 11.7. The molecule has 98 valence electrons. The van der Waals surface area contributed by atoms with Gasteiger partial charge in [0.15, 0.2) is 0 Å². The topological polar surface area (TPSA) is 73.3 Å². The van der Waals surface area contributed by atoms with Crippen LogP contribution in [0.4, 0.5) is 4.79 Å². The summed E-state index contributed by atoms with van der Waals surface area (Å²) in [5.41, 5.74) is 1.64. The van der Waals surface area contributed by atoms with Crippen LogP contribution in [0.2, 0.25) is 0 Å². The Hall–Kier alpha value is -2.37. The summed E-state index contributed by atoms with van der Waals surface area (Å²) in [6.45, 7) is 1.36. The van der Waals surface area contributed by atoms with Crippen molar-refractivity contribution in [1.82, 2.24) is 15.3 Å². The van der Waals surface area contributed by atoms with Crippen molar-refractivity contribution in [1.29, 1.82) is 0 Å². The van der Waals surface area contributed by atoms with E-state index < -0.39 is 0 Å². The molecular formula is C13H13N3O3. The Labute approximate surface area is 109 Å². The van der Waals surface area contributed by atoms with Crippen LogP contribution in [0.1, 0.15) is 0 Å². The number of amides is 1. The third kappa shape index (κ3) is 2.73. The number of carbonyl (C=O) groups excluding carboxylic acids is 1. The molecule has 6 nitrogen and oxygen atoms in total. The van der Waals surface area contributed by atoms with Crippen molar-refractivity contribution in [3.8, 4) is 5.88 Å². The van der Waals surface area contributed by atoms with Crippen molar-refractivity contribution in [2.45, 2.75) is 0 Å². The number of rotatable bonds is 3. The smallest absolute Gasteiger partial charge is 0.407 e. The summed E-state index contributed by atoms with van der Waals surface area (Å²) in [6, 6.07) is 7.61. The van der Waals surface area contributed by atoms with Crippen LogP contribution >= 0.6 is 0 Å². The fourth-order valence-corrected chi connectivity index (χ4v) is 1.85. The molecule has 2 heterocycles. The van der Waals surface area contributed by atoms with Gasteiger partial charge < -0.3 is 14.8 Å². The van der Waals surface area contributed by atoms with Gasteiger partial charge in [-0.15, -0.1) is 0 Å². The number of alkyl carbamates (subject to hydrolysis) is 1. The first-order valence-corrected chi connectivity index (χ1v) is 6.06. The maximum Gasteiger partial charge on any atom is 0.407 e. The van der Waals surface area contributed by atoms with Crippen LogP contribution < -0.4 is 10.1 Å². The summed E-state index contributed by atoms with van der Waals surface area (Å²) in [4.78, 5) is 19.5. The lowest BCUT2D eigenvalue weighted by Crippen LogP contribution is -2.41. The Balaban J connectivity index is 1.63. The van der Waals surface area contributed by atoms with Gasteiger partial charge in [0, 0.05) is 12.5 Å². The summed E-state index contributed by atoms with van der Waals surface area (Å²) in [5, 5.41) is 2.62. The first-order valence-electron chi connectivity index (χ1n) is 6.06. The van der Waals surface area contributed by atoms with Crippen LogP contribution in [0.5, 0.6) is 5.88 Å². The number of hydrogen-bond acceptors (Lipinski definition) is 5. The van der Waals surface area contributed by atoms with Crippen LogP contribution in [-0.4, -0.2) is 35.8 Å². The molecule has 2 aromatic rings. The number of cyclic esters (lactones) is 1. The molecule has 0 radical (unpaired) electrons. The first-order chi connectivity index (χ1) is 9.31. The van der Waals surface area contributed by atoms with E-state index in [0.29, 0.717) is 25.6 Å². The van der Waals surface area contributed by atoms with E-state index in [0.717, 1.165) is 11.0 Å². The zero-order chi connectivity index (χ0) is 13.1. The van der Waals surface area contributed by atoms with Crippen molar-refractivity contribution in [3.63, 3.8) is 0 Å². The highest BCUT2D eigenvalue weighted by Gasteiger charge is 2.19. The molecule has 1 fully saturated rings. The quantitative estimate of drug-likeness (QED) is 0.901. The van der Waals surface area contributed by atoms with E-state index in [1.807, 2.05) is 24.3 Å². The molecule has 1 aromatic heterocycles. The second-order valence-corrected chi connectivity index (χ2v) is 4.35. The van der Waals surface area contributed by atoms with Gasteiger partial charge in [0.25, 0.3) is 0 Å². The number of nitrogens with one attached hydrogen (secondary N) is 1. The van der Waals surface area contributed by atoms with Crippen molar-refractivity contribution < 1.29 is 14.3 Å². The zero-order valence-electron chi connectivity index (χ0n) is 10.2. The fourth-order valence-electron chi connectivity index (χ4n) is 1.85. The second-order valence-electron chi connectivity index (χ2n) is 4.35. The Morgan fingerprint density at radius 3 is 3.00 bits per heavy atom. The van der Waals surface area contributed by atoms with Gasteiger partial charge in [-0.1, -0.05) is 12.1 Å². The summed E-state index contributed by atoms with van der Waals surface area (Å²) in [5.74, 6) is 0.613. The van der Waals surface area contributed by atoms with Gasteiger partial charge in [0.05, 0.1) is 23.8 Å². The Morgan fingerprint density at radius 1 is 1.37 bits per heavy atom. The lowest BCUT2D eigenvalue weighted by atomic mass is 10.1. The van der Waals surface area contributed by atoms with E-state index in [4.69, 9.17) is 9.47 Å². The molecule has 0 saturated carbocycles. The third-order valence-electron chi connectivity index (χ3n) is 2.88. The molecule has 3 rings (SSSR count). The van der Waals surface area contributed by atoms with E-state index in [-0.39, 0.29) is 12.0 Å². The lowest BCUT2D eigenvalue weighted by Gasteiger charge is -2.22. The molecule has 0 spiro atoms. The molecule has 1 aliphatic rings. The van der Waals surface area contributed by atoms with Gasteiger partial charge in [-0.3, -0.25) is 0 Å². The van der Waals surface area contributed by atoms with Gasteiger partial charge in [0.2, 0.25) is 5.88 Å². The van der Waals surface area contributed by atoms with Gasteiger partial charge in [-0.25, -0.2) is 14.8 Å². The second kappa shape index (κ2) is 5.09. The minimum Gasteiger partial charge on any atom is -0.476 e. The SMILES string of the molecule is O=C1NCC(COc2cnc3ccccc3n2)CO1. The molecule has 1 amide bonds. The monoisotopic (exact) mass is 259 g/mol. The molecule has 6 heteroatoms. The normalized spacial score (nSPS) is 18.7. The average molecular weight is 259 g/mol. The number of aromatic nitrogens is 2. The predicted octanol–water partition coefficient (Wildman–Crippen LogP) is 1.36. The van der Waals surface area contributed by atoms with E-state index in [2.05, 4.69) is 15.3 Å². The summed E-state index contributed by atoms with van der Waals surface area (Å²) in [7, 11) is 0. The van der Waals surface area contributed by atoms with Gasteiger partial charge in [0.1, 0.15) is 6.61 Å². The van der Waals surface area contributed by atoms with E-state index >= 15 is 0 Å². The molecule has 1 atom stereocenters. The van der Waals surface area contributed by atoms with Crippen molar-refractivity contribution >= 4 is 17.1 Å². The minimum atomic E-state index is -0.373. The molecule has 1 N–H and O–H groups in total. The number of benzene rings is 1. The van der Waals surface area contributed by atoms with E-state index in [1.165, 1.54) is 0 Å². The average Bonchev–Trinajstić information content (AvgIpc) is 2.46. The Kier molecular flexibility index (Phi) is 3.14. The number of nitrogens with zero attached hydrogens (tertiary/aromatic N) is 2. The number of fused-ring (bicyclic) bond motifs is 1. The van der Waals surface area contributed by atoms with Crippen LogP contribution in [-0.2, 0) is 4.74 Å². The van der Waals surface area contributed by atoms with Crippen molar-refractivity contribution in [3.05, 3.63) is 30.5 Å². The summed E-state index contributed by atoms with van der Waals surface area (Å²) >= 11 is 0. The molecule has 1 unspecified atom stereocenters. The molecular weight excluding hydrogens is 246 g/mol. The van der Waals surface area contributed by atoms with E-state index in [1.54, 1.807) is 6.20 Å². The molecule has 0 bridgehead atoms. The van der Waals surface area contributed by atoms with Crippen molar-refractivity contribution in [2.24, 2.45) is 5.92 Å². The highest BCUT2D eigenvalue weighted by atomic mass is 16.6. The maximum atomic E-state index is 10.8. The van der Waals surface area contributed by atoms with Crippen molar-refractivity contribution in [2.75, 3.05) is 19.8 Å². The summed E-state index contributed by atoms with van der Waals surface area (Å²) < 4.78 is 10.5. The van der Waals surface area contributed by atoms with E-state index in [9.17, 15) is 4.79 Å². The number of ether oxygens (including phenoxy) is 2.